The highest BCUT2D eigenvalue weighted by molar-refractivity contribution is 7.90. The maximum Gasteiger partial charge on any atom is 0.214 e. The normalized spacial score (nSPS) is 21.9. The molecule has 0 spiro atoms. The van der Waals surface area contributed by atoms with Crippen LogP contribution in [0.25, 0.3) is 0 Å². The number of sulfonamides is 1. The largest absolute Gasteiger partial charge is 0.489 e. The lowest BCUT2D eigenvalue weighted by atomic mass is 9.76. The number of nitriles is 1. The van der Waals surface area contributed by atoms with Crippen molar-refractivity contribution in [2.45, 2.75) is 63.0 Å². The molecular formula is C23H28N2O4S. The Kier molecular flexibility index (Phi) is 6.81. The highest BCUT2D eigenvalue weighted by Gasteiger charge is 2.42. The fourth-order valence-corrected chi connectivity index (χ4v) is 4.73. The van der Waals surface area contributed by atoms with E-state index in [2.05, 4.69) is 10.8 Å². The van der Waals surface area contributed by atoms with E-state index in [0.29, 0.717) is 29.7 Å². The first-order chi connectivity index (χ1) is 14.3. The predicted molar refractivity (Wildman–Crippen MR) is 115 cm³/mol. The molecule has 7 heteroatoms. The Hall–Kier alpha value is -2.40. The summed E-state index contributed by atoms with van der Waals surface area (Å²) in [5.41, 5.74) is 0.791. The van der Waals surface area contributed by atoms with Crippen molar-refractivity contribution in [1.82, 2.24) is 4.72 Å². The van der Waals surface area contributed by atoms with Gasteiger partial charge in [0.15, 0.2) is 0 Å². The van der Waals surface area contributed by atoms with Crippen LogP contribution in [-0.4, -0.2) is 24.8 Å². The van der Waals surface area contributed by atoms with Crippen molar-refractivity contribution in [1.29, 1.82) is 5.26 Å². The number of nitrogens with zero attached hydrogens (tertiary/aromatic N) is 1. The molecule has 0 bridgehead atoms. The third kappa shape index (κ3) is 4.84. The van der Waals surface area contributed by atoms with E-state index in [4.69, 9.17) is 4.74 Å². The zero-order chi connectivity index (χ0) is 21.8. The van der Waals surface area contributed by atoms with Gasteiger partial charge in [-0.15, -0.1) is 0 Å². The quantitative estimate of drug-likeness (QED) is 0.702. The summed E-state index contributed by atoms with van der Waals surface area (Å²) in [5, 5.41) is 20.0. The number of rotatable bonds is 7. The van der Waals surface area contributed by atoms with Crippen molar-refractivity contribution in [3.63, 3.8) is 0 Å². The summed E-state index contributed by atoms with van der Waals surface area (Å²) in [7, 11) is -3.49. The molecule has 0 amide bonds. The number of hydrogen-bond donors (Lipinski definition) is 2. The number of ether oxygens (including phenoxy) is 1. The van der Waals surface area contributed by atoms with Gasteiger partial charge in [-0.3, -0.25) is 0 Å². The van der Waals surface area contributed by atoms with Crippen molar-refractivity contribution in [2.75, 3.05) is 0 Å². The molecule has 2 aromatic carbocycles. The smallest absolute Gasteiger partial charge is 0.214 e. The van der Waals surface area contributed by atoms with Gasteiger partial charge in [0.05, 0.1) is 22.9 Å². The standard InChI is InChI=1S/C23H28N2O4S/c1-17(2)30(27,28)25-22-9-5-6-14-23(22,26)20-10-12-21(13-11-20)29-16-19-8-4-3-7-18(19)15-24/h3-4,7-8,10-13,17,22,25-26H,5-6,9,14,16H2,1-2H3. The van der Waals surface area contributed by atoms with Gasteiger partial charge in [-0.1, -0.05) is 43.2 Å². The molecule has 2 aromatic rings. The lowest BCUT2D eigenvalue weighted by Crippen LogP contribution is -2.53. The lowest BCUT2D eigenvalue weighted by molar-refractivity contribution is -0.0250. The molecule has 0 radical (unpaired) electrons. The topological polar surface area (TPSA) is 99.4 Å². The van der Waals surface area contributed by atoms with Gasteiger partial charge < -0.3 is 9.84 Å². The number of hydrogen-bond acceptors (Lipinski definition) is 5. The van der Waals surface area contributed by atoms with Crippen molar-refractivity contribution < 1.29 is 18.3 Å². The molecule has 1 aliphatic rings. The Morgan fingerprint density at radius 1 is 1.20 bits per heavy atom. The van der Waals surface area contributed by atoms with Crippen LogP contribution in [0, 0.1) is 11.3 Å². The molecule has 6 nitrogen and oxygen atoms in total. The molecule has 3 rings (SSSR count). The monoisotopic (exact) mass is 428 g/mol. The molecule has 1 saturated carbocycles. The van der Waals surface area contributed by atoms with Crippen LogP contribution in [-0.2, 0) is 22.2 Å². The van der Waals surface area contributed by atoms with Gasteiger partial charge in [0.2, 0.25) is 10.0 Å². The Bertz CT molecular complexity index is 1010. The fraction of sp³-hybridized carbons (Fsp3) is 0.435. The van der Waals surface area contributed by atoms with E-state index in [-0.39, 0.29) is 6.61 Å². The first-order valence-electron chi connectivity index (χ1n) is 10.2. The van der Waals surface area contributed by atoms with Crippen molar-refractivity contribution in [3.05, 3.63) is 65.2 Å². The van der Waals surface area contributed by atoms with Crippen LogP contribution in [0.4, 0.5) is 0 Å². The molecule has 0 heterocycles. The molecule has 1 aliphatic carbocycles. The highest BCUT2D eigenvalue weighted by atomic mass is 32.2. The summed E-state index contributed by atoms with van der Waals surface area (Å²) in [6.45, 7) is 3.52. The molecule has 160 valence electrons. The van der Waals surface area contributed by atoms with Crippen LogP contribution >= 0.6 is 0 Å². The summed E-state index contributed by atoms with van der Waals surface area (Å²) in [6.07, 6.45) is 2.78. The summed E-state index contributed by atoms with van der Waals surface area (Å²) in [5.74, 6) is 0.616. The first-order valence-corrected chi connectivity index (χ1v) is 11.8. The van der Waals surface area contributed by atoms with Crippen LogP contribution in [0.5, 0.6) is 5.75 Å². The Balaban J connectivity index is 1.75. The van der Waals surface area contributed by atoms with Gasteiger partial charge in [-0.2, -0.15) is 5.26 Å². The van der Waals surface area contributed by atoms with E-state index >= 15 is 0 Å². The molecule has 0 aliphatic heterocycles. The van der Waals surface area contributed by atoms with E-state index in [9.17, 15) is 18.8 Å². The van der Waals surface area contributed by atoms with E-state index < -0.39 is 26.9 Å². The Morgan fingerprint density at radius 2 is 1.90 bits per heavy atom. The number of nitrogens with one attached hydrogen (secondary N) is 1. The van der Waals surface area contributed by atoms with Crippen molar-refractivity contribution in [2.24, 2.45) is 0 Å². The van der Waals surface area contributed by atoms with Gasteiger partial charge in [-0.05, 0) is 50.5 Å². The van der Waals surface area contributed by atoms with Gasteiger partial charge in [0.25, 0.3) is 0 Å². The Morgan fingerprint density at radius 3 is 2.57 bits per heavy atom. The van der Waals surface area contributed by atoms with E-state index in [1.54, 1.807) is 44.2 Å². The fourth-order valence-electron chi connectivity index (χ4n) is 3.75. The van der Waals surface area contributed by atoms with Crippen LogP contribution < -0.4 is 9.46 Å². The van der Waals surface area contributed by atoms with Crippen LogP contribution in [0.3, 0.4) is 0 Å². The lowest BCUT2D eigenvalue weighted by Gasteiger charge is -2.41. The number of benzene rings is 2. The summed E-state index contributed by atoms with van der Waals surface area (Å²) in [4.78, 5) is 0. The molecule has 1 fully saturated rings. The van der Waals surface area contributed by atoms with E-state index in [1.165, 1.54) is 0 Å². The molecule has 2 unspecified atom stereocenters. The van der Waals surface area contributed by atoms with Gasteiger partial charge in [0, 0.05) is 5.56 Å². The van der Waals surface area contributed by atoms with E-state index in [0.717, 1.165) is 18.4 Å². The van der Waals surface area contributed by atoms with Crippen LogP contribution in [0.2, 0.25) is 0 Å². The minimum absolute atomic E-state index is 0.268. The predicted octanol–water partition coefficient (Wildman–Crippen LogP) is 3.60. The average molecular weight is 429 g/mol. The van der Waals surface area contributed by atoms with Crippen molar-refractivity contribution >= 4 is 10.0 Å². The molecule has 0 aromatic heterocycles. The molecular weight excluding hydrogens is 400 g/mol. The molecule has 2 atom stereocenters. The second-order valence-corrected chi connectivity index (χ2v) is 10.3. The average Bonchev–Trinajstić information content (AvgIpc) is 2.74. The molecule has 2 N–H and O–H groups in total. The highest BCUT2D eigenvalue weighted by Crippen LogP contribution is 2.38. The SMILES string of the molecule is CC(C)S(=O)(=O)NC1CCCCC1(O)c1ccc(OCc2ccccc2C#N)cc1. The molecule has 0 saturated heterocycles. The third-order valence-corrected chi connectivity index (χ3v) is 7.54. The molecule has 30 heavy (non-hydrogen) atoms. The minimum Gasteiger partial charge on any atom is -0.489 e. The maximum atomic E-state index is 12.4. The summed E-state index contributed by atoms with van der Waals surface area (Å²) >= 11 is 0. The zero-order valence-electron chi connectivity index (χ0n) is 17.3. The third-order valence-electron chi connectivity index (χ3n) is 5.69. The summed E-state index contributed by atoms with van der Waals surface area (Å²) in [6, 6.07) is 16.0. The van der Waals surface area contributed by atoms with Gasteiger partial charge in [0.1, 0.15) is 18.0 Å². The minimum atomic E-state index is -3.49. The second-order valence-electron chi connectivity index (χ2n) is 8.02. The maximum absolute atomic E-state index is 12.4. The van der Waals surface area contributed by atoms with Crippen molar-refractivity contribution in [3.8, 4) is 11.8 Å². The van der Waals surface area contributed by atoms with Crippen LogP contribution in [0.1, 0.15) is 56.2 Å². The van der Waals surface area contributed by atoms with E-state index in [1.807, 2.05) is 18.2 Å². The number of aliphatic hydroxyl groups is 1. The second kappa shape index (κ2) is 9.17. The first kappa shape index (κ1) is 22.3. The Labute approximate surface area is 178 Å². The summed E-state index contributed by atoms with van der Waals surface area (Å²) < 4.78 is 33.3. The van der Waals surface area contributed by atoms with Gasteiger partial charge in [-0.25, -0.2) is 13.1 Å². The van der Waals surface area contributed by atoms with Crippen LogP contribution in [0.15, 0.2) is 48.5 Å². The zero-order valence-corrected chi connectivity index (χ0v) is 18.2. The van der Waals surface area contributed by atoms with Gasteiger partial charge >= 0.3 is 0 Å².